The molecular formula is C16H14F3NO. The van der Waals surface area contributed by atoms with Crippen LogP contribution in [0, 0.1) is 17.5 Å². The van der Waals surface area contributed by atoms with Crippen LogP contribution in [0.5, 0.6) is 0 Å². The van der Waals surface area contributed by atoms with Gasteiger partial charge in [-0.2, -0.15) is 0 Å². The molecule has 0 fully saturated rings. The molecule has 2 aromatic carbocycles. The quantitative estimate of drug-likeness (QED) is 0.902. The van der Waals surface area contributed by atoms with Gasteiger partial charge in [0.15, 0.2) is 0 Å². The van der Waals surface area contributed by atoms with Crippen LogP contribution in [-0.4, -0.2) is 12.5 Å². The van der Waals surface area contributed by atoms with E-state index in [4.69, 9.17) is 0 Å². The molecule has 0 spiro atoms. The molecule has 1 N–H and O–H groups in total. The molecule has 110 valence electrons. The third-order valence-electron chi connectivity index (χ3n) is 3.07. The number of nitrogens with one attached hydrogen (secondary N) is 1. The molecule has 0 saturated heterocycles. The van der Waals surface area contributed by atoms with E-state index in [2.05, 4.69) is 5.32 Å². The summed E-state index contributed by atoms with van der Waals surface area (Å²) >= 11 is 0. The highest BCUT2D eigenvalue weighted by Gasteiger charge is 2.10. The molecule has 0 aliphatic heterocycles. The van der Waals surface area contributed by atoms with Crippen molar-refractivity contribution in [2.24, 2.45) is 0 Å². The lowest BCUT2D eigenvalue weighted by Crippen LogP contribution is -2.28. The minimum absolute atomic E-state index is 0.0432. The van der Waals surface area contributed by atoms with E-state index in [1.54, 1.807) is 6.07 Å². The highest BCUT2D eigenvalue weighted by atomic mass is 19.1. The number of hydrogen-bond acceptors (Lipinski definition) is 1. The van der Waals surface area contributed by atoms with Crippen LogP contribution in [-0.2, 0) is 17.6 Å². The van der Waals surface area contributed by atoms with Gasteiger partial charge in [0.2, 0.25) is 5.91 Å². The van der Waals surface area contributed by atoms with Crippen LogP contribution in [0.2, 0.25) is 0 Å². The van der Waals surface area contributed by atoms with Gasteiger partial charge >= 0.3 is 0 Å². The first kappa shape index (κ1) is 15.1. The first-order valence-corrected chi connectivity index (χ1v) is 6.51. The minimum atomic E-state index is -0.640. The predicted molar refractivity (Wildman–Crippen MR) is 73.2 cm³/mol. The molecule has 1 amide bonds. The highest BCUT2D eigenvalue weighted by molar-refractivity contribution is 5.78. The van der Waals surface area contributed by atoms with Gasteiger partial charge in [-0.3, -0.25) is 4.79 Å². The molecule has 5 heteroatoms. The molecule has 0 radical (unpaired) electrons. The Hall–Kier alpha value is -2.30. The van der Waals surface area contributed by atoms with E-state index in [9.17, 15) is 18.0 Å². The second-order valence-corrected chi connectivity index (χ2v) is 4.57. The van der Waals surface area contributed by atoms with Gasteiger partial charge < -0.3 is 5.32 Å². The fourth-order valence-corrected chi connectivity index (χ4v) is 1.98. The first-order chi connectivity index (χ1) is 10.1. The Bertz CT molecular complexity index is 623. The van der Waals surface area contributed by atoms with E-state index in [0.29, 0.717) is 0 Å². The molecule has 2 aromatic rings. The number of benzene rings is 2. The molecular weight excluding hydrogens is 279 g/mol. The summed E-state index contributed by atoms with van der Waals surface area (Å²) in [5.74, 6) is -2.12. The molecule has 21 heavy (non-hydrogen) atoms. The summed E-state index contributed by atoms with van der Waals surface area (Å²) in [7, 11) is 0. The Morgan fingerprint density at radius 3 is 2.19 bits per heavy atom. The smallest absolute Gasteiger partial charge is 0.224 e. The average molecular weight is 293 g/mol. The van der Waals surface area contributed by atoms with Crippen LogP contribution in [0.25, 0.3) is 0 Å². The number of amides is 1. The maximum Gasteiger partial charge on any atom is 0.224 e. The van der Waals surface area contributed by atoms with Gasteiger partial charge in [0.25, 0.3) is 0 Å². The van der Waals surface area contributed by atoms with E-state index in [1.165, 1.54) is 36.4 Å². The van der Waals surface area contributed by atoms with Crippen molar-refractivity contribution >= 4 is 5.91 Å². The minimum Gasteiger partial charge on any atom is -0.355 e. The number of rotatable bonds is 5. The summed E-state index contributed by atoms with van der Waals surface area (Å²) in [5.41, 5.74) is 0.218. The van der Waals surface area contributed by atoms with Crippen molar-refractivity contribution in [3.63, 3.8) is 0 Å². The van der Waals surface area contributed by atoms with Gasteiger partial charge in [0, 0.05) is 12.1 Å². The van der Waals surface area contributed by atoms with E-state index in [-0.39, 0.29) is 30.5 Å². The predicted octanol–water partition coefficient (Wildman–Crippen LogP) is 3.01. The van der Waals surface area contributed by atoms with Crippen molar-refractivity contribution in [1.82, 2.24) is 5.32 Å². The molecule has 2 rings (SSSR count). The fourth-order valence-electron chi connectivity index (χ4n) is 1.98. The van der Waals surface area contributed by atoms with E-state index in [1.807, 2.05) is 0 Å². The molecule has 0 atom stereocenters. The summed E-state index contributed by atoms with van der Waals surface area (Å²) in [4.78, 5) is 11.7. The van der Waals surface area contributed by atoms with Crippen LogP contribution in [0.15, 0.2) is 42.5 Å². The van der Waals surface area contributed by atoms with Crippen LogP contribution >= 0.6 is 0 Å². The Morgan fingerprint density at radius 1 is 0.905 bits per heavy atom. The zero-order valence-electron chi connectivity index (χ0n) is 11.2. The van der Waals surface area contributed by atoms with E-state index >= 15 is 0 Å². The van der Waals surface area contributed by atoms with Crippen molar-refractivity contribution in [3.8, 4) is 0 Å². The second-order valence-electron chi connectivity index (χ2n) is 4.57. The zero-order chi connectivity index (χ0) is 15.2. The van der Waals surface area contributed by atoms with Gasteiger partial charge in [-0.15, -0.1) is 0 Å². The standard InChI is InChI=1S/C16H14F3NO/c17-13-5-2-1-4-11(13)10-16(21)20-9-8-12-14(18)6-3-7-15(12)19/h1-7H,8-10H2,(H,20,21). The topological polar surface area (TPSA) is 29.1 Å². The summed E-state index contributed by atoms with van der Waals surface area (Å²) in [6.45, 7) is 0.0884. The normalized spacial score (nSPS) is 10.4. The van der Waals surface area contributed by atoms with Crippen molar-refractivity contribution in [3.05, 3.63) is 71.0 Å². The summed E-state index contributed by atoms with van der Waals surface area (Å²) < 4.78 is 40.1. The lowest BCUT2D eigenvalue weighted by atomic mass is 10.1. The molecule has 0 aliphatic rings. The summed E-state index contributed by atoms with van der Waals surface area (Å²) in [6, 6.07) is 9.59. The van der Waals surface area contributed by atoms with Crippen molar-refractivity contribution in [1.29, 1.82) is 0 Å². The van der Waals surface area contributed by atoms with Gasteiger partial charge in [-0.1, -0.05) is 24.3 Å². The Kier molecular flexibility index (Phi) is 4.98. The third-order valence-corrected chi connectivity index (χ3v) is 3.07. The Balaban J connectivity index is 1.86. The van der Waals surface area contributed by atoms with Crippen LogP contribution in [0.1, 0.15) is 11.1 Å². The SMILES string of the molecule is O=C(Cc1ccccc1F)NCCc1c(F)cccc1F. The number of carbonyl (C=O) groups is 1. The molecule has 2 nitrogen and oxygen atoms in total. The number of hydrogen-bond donors (Lipinski definition) is 1. The zero-order valence-corrected chi connectivity index (χ0v) is 11.2. The Morgan fingerprint density at radius 2 is 1.52 bits per heavy atom. The molecule has 0 aliphatic carbocycles. The molecule has 0 bridgehead atoms. The first-order valence-electron chi connectivity index (χ1n) is 6.51. The molecule has 0 heterocycles. The molecule has 0 unspecified atom stereocenters. The maximum atomic E-state index is 13.4. The lowest BCUT2D eigenvalue weighted by Gasteiger charge is -2.07. The highest BCUT2D eigenvalue weighted by Crippen LogP contribution is 2.12. The fraction of sp³-hybridized carbons (Fsp3) is 0.188. The second kappa shape index (κ2) is 6.92. The van der Waals surface area contributed by atoms with E-state index in [0.717, 1.165) is 0 Å². The van der Waals surface area contributed by atoms with Gasteiger partial charge in [-0.25, -0.2) is 13.2 Å². The summed E-state index contributed by atoms with van der Waals surface area (Å²) in [6.07, 6.45) is -0.0616. The largest absolute Gasteiger partial charge is 0.355 e. The van der Waals surface area contributed by atoms with Crippen molar-refractivity contribution in [2.75, 3.05) is 6.54 Å². The van der Waals surface area contributed by atoms with Gasteiger partial charge in [0.05, 0.1) is 6.42 Å². The van der Waals surface area contributed by atoms with E-state index < -0.39 is 23.4 Å². The Labute approximate surface area is 120 Å². The monoisotopic (exact) mass is 293 g/mol. The summed E-state index contributed by atoms with van der Waals surface area (Å²) in [5, 5.41) is 2.52. The van der Waals surface area contributed by atoms with Crippen LogP contribution < -0.4 is 5.32 Å². The van der Waals surface area contributed by atoms with Crippen LogP contribution in [0.4, 0.5) is 13.2 Å². The number of carbonyl (C=O) groups excluding carboxylic acids is 1. The maximum absolute atomic E-state index is 13.4. The number of halogens is 3. The van der Waals surface area contributed by atoms with Crippen molar-refractivity contribution < 1.29 is 18.0 Å². The van der Waals surface area contributed by atoms with Gasteiger partial charge in [0.1, 0.15) is 17.5 Å². The average Bonchev–Trinajstić information content (AvgIpc) is 2.45. The molecule has 0 saturated carbocycles. The van der Waals surface area contributed by atoms with Gasteiger partial charge in [-0.05, 0) is 30.2 Å². The van der Waals surface area contributed by atoms with Crippen molar-refractivity contribution in [2.45, 2.75) is 12.8 Å². The third kappa shape index (κ3) is 4.08. The van der Waals surface area contributed by atoms with Crippen LogP contribution in [0.3, 0.4) is 0 Å². The lowest BCUT2D eigenvalue weighted by molar-refractivity contribution is -0.120. The molecule has 0 aromatic heterocycles.